The van der Waals surface area contributed by atoms with Gasteiger partial charge in [0.2, 0.25) is 0 Å². The summed E-state index contributed by atoms with van der Waals surface area (Å²) in [6.45, 7) is 7.39. The second-order valence-electron chi connectivity index (χ2n) is 10.1. The SMILES string of the molecule is Cl.Cn1c2c(c3ccc(-n4ccc(OCc5ccccc5)cc4=O)cc31)CCN(CCN1CCCC1)C2. The number of likely N-dealkylation sites (tertiary alicyclic amines) is 1. The topological polar surface area (TPSA) is 42.6 Å². The summed E-state index contributed by atoms with van der Waals surface area (Å²) in [7, 11) is 2.16. The van der Waals surface area contributed by atoms with Crippen molar-refractivity contribution >= 4 is 23.3 Å². The Morgan fingerprint density at radius 2 is 1.68 bits per heavy atom. The summed E-state index contributed by atoms with van der Waals surface area (Å²) in [5.74, 6) is 0.588. The van der Waals surface area contributed by atoms with Crippen molar-refractivity contribution in [3.05, 3.63) is 94.0 Å². The summed E-state index contributed by atoms with van der Waals surface area (Å²) in [6, 6.07) is 19.8. The smallest absolute Gasteiger partial charge is 0.258 e. The van der Waals surface area contributed by atoms with E-state index in [1.165, 1.54) is 54.6 Å². The minimum atomic E-state index is -0.0908. The number of halogens is 1. The van der Waals surface area contributed by atoms with Crippen LogP contribution in [0.2, 0.25) is 0 Å². The van der Waals surface area contributed by atoms with E-state index in [2.05, 4.69) is 39.6 Å². The number of hydrogen-bond donors (Lipinski definition) is 0. The lowest BCUT2D eigenvalue weighted by atomic mass is 10.0. The number of rotatable bonds is 7. The van der Waals surface area contributed by atoms with Gasteiger partial charge in [0.25, 0.3) is 5.56 Å². The fourth-order valence-electron chi connectivity index (χ4n) is 5.73. The molecule has 0 aliphatic carbocycles. The van der Waals surface area contributed by atoms with Gasteiger partial charge in [0.1, 0.15) is 12.4 Å². The predicted molar refractivity (Wildman–Crippen MR) is 151 cm³/mol. The van der Waals surface area contributed by atoms with E-state index in [1.54, 1.807) is 10.6 Å². The van der Waals surface area contributed by atoms with Gasteiger partial charge in [-0.25, -0.2) is 0 Å². The molecular weight excluding hydrogens is 484 g/mol. The quantitative estimate of drug-likeness (QED) is 0.353. The lowest BCUT2D eigenvalue weighted by Gasteiger charge is -2.29. The number of hydrogen-bond acceptors (Lipinski definition) is 4. The molecule has 6 nitrogen and oxygen atoms in total. The van der Waals surface area contributed by atoms with E-state index in [0.29, 0.717) is 12.4 Å². The van der Waals surface area contributed by atoms with Gasteiger partial charge in [0, 0.05) is 56.6 Å². The van der Waals surface area contributed by atoms with Crippen LogP contribution in [0.3, 0.4) is 0 Å². The molecule has 6 rings (SSSR count). The Kier molecular flexibility index (Phi) is 7.70. The molecule has 2 aliphatic heterocycles. The van der Waals surface area contributed by atoms with Gasteiger partial charge in [0.15, 0.2) is 0 Å². The minimum absolute atomic E-state index is 0. The first-order chi connectivity index (χ1) is 17.7. The lowest BCUT2D eigenvalue weighted by Crippen LogP contribution is -2.37. The zero-order chi connectivity index (χ0) is 24.5. The largest absolute Gasteiger partial charge is 0.489 e. The van der Waals surface area contributed by atoms with Gasteiger partial charge in [0.05, 0.1) is 11.2 Å². The average Bonchev–Trinajstić information content (AvgIpc) is 3.53. The molecule has 0 saturated carbocycles. The Hall–Kier alpha value is -3.06. The molecule has 0 N–H and O–H groups in total. The van der Waals surface area contributed by atoms with Crippen LogP contribution in [0.25, 0.3) is 16.6 Å². The second kappa shape index (κ2) is 11.1. The lowest BCUT2D eigenvalue weighted by molar-refractivity contribution is 0.208. The molecule has 2 aromatic heterocycles. The number of benzene rings is 2. The van der Waals surface area contributed by atoms with E-state index >= 15 is 0 Å². The van der Waals surface area contributed by atoms with Crippen LogP contribution in [0.15, 0.2) is 71.7 Å². The standard InChI is InChI=1S/C30H34N4O2.ClH/c1-31-28-19-24(34-16-11-25(20-30(34)35)36-22-23-7-3-2-4-8-23)9-10-26(28)27-12-15-33(21-29(27)31)18-17-32-13-5-6-14-32;/h2-4,7-11,16,19-20H,5-6,12-15,17-18,21-22H2,1H3;1H. The van der Waals surface area contributed by atoms with Gasteiger partial charge in [-0.15, -0.1) is 12.4 Å². The molecule has 37 heavy (non-hydrogen) atoms. The van der Waals surface area contributed by atoms with Crippen molar-refractivity contribution in [3.63, 3.8) is 0 Å². The van der Waals surface area contributed by atoms with E-state index < -0.39 is 0 Å². The number of pyridine rings is 1. The Balaban J connectivity index is 0.00000280. The van der Waals surface area contributed by atoms with E-state index in [-0.39, 0.29) is 18.0 Å². The Labute approximate surface area is 224 Å². The molecule has 0 radical (unpaired) electrons. The van der Waals surface area contributed by atoms with E-state index in [0.717, 1.165) is 37.3 Å². The summed E-state index contributed by atoms with van der Waals surface area (Å²) in [4.78, 5) is 18.1. The molecule has 0 amide bonds. The number of aromatic nitrogens is 2. The zero-order valence-corrected chi connectivity index (χ0v) is 22.3. The van der Waals surface area contributed by atoms with Gasteiger partial charge in [-0.05, 0) is 61.7 Å². The summed E-state index contributed by atoms with van der Waals surface area (Å²) in [5, 5.41) is 1.31. The maximum atomic E-state index is 13.0. The third kappa shape index (κ3) is 5.33. The highest BCUT2D eigenvalue weighted by molar-refractivity contribution is 5.87. The van der Waals surface area contributed by atoms with E-state index in [4.69, 9.17) is 4.74 Å². The van der Waals surface area contributed by atoms with Gasteiger partial charge < -0.3 is 14.2 Å². The molecule has 0 atom stereocenters. The Bertz CT molecular complexity index is 1420. The van der Waals surface area contributed by atoms with E-state index in [1.807, 2.05) is 42.6 Å². The first-order valence-electron chi connectivity index (χ1n) is 13.1. The van der Waals surface area contributed by atoms with Crippen LogP contribution in [-0.4, -0.2) is 51.7 Å². The van der Waals surface area contributed by atoms with Gasteiger partial charge in [-0.2, -0.15) is 0 Å². The van der Waals surface area contributed by atoms with Gasteiger partial charge in [-0.1, -0.05) is 36.4 Å². The van der Waals surface area contributed by atoms with Crippen LogP contribution >= 0.6 is 12.4 Å². The van der Waals surface area contributed by atoms with E-state index in [9.17, 15) is 4.79 Å². The summed E-state index contributed by atoms with van der Waals surface area (Å²) < 4.78 is 9.87. The third-order valence-electron chi connectivity index (χ3n) is 7.82. The maximum Gasteiger partial charge on any atom is 0.258 e. The van der Waals surface area contributed by atoms with Crippen molar-refractivity contribution in [3.8, 4) is 11.4 Å². The van der Waals surface area contributed by atoms with Crippen molar-refractivity contribution in [2.75, 3.05) is 32.7 Å². The minimum Gasteiger partial charge on any atom is -0.489 e. The molecular formula is C30H35ClN4O2. The molecule has 0 bridgehead atoms. The normalized spacial score (nSPS) is 16.0. The van der Waals surface area contributed by atoms with Crippen LogP contribution in [-0.2, 0) is 26.6 Å². The fourth-order valence-corrected chi connectivity index (χ4v) is 5.73. The summed E-state index contributed by atoms with van der Waals surface area (Å²) >= 11 is 0. The highest BCUT2D eigenvalue weighted by Gasteiger charge is 2.24. The molecule has 0 spiro atoms. The number of ether oxygens (including phenoxy) is 1. The maximum absolute atomic E-state index is 13.0. The number of fused-ring (bicyclic) bond motifs is 3. The highest BCUT2D eigenvalue weighted by Crippen LogP contribution is 2.31. The second-order valence-corrected chi connectivity index (χ2v) is 10.1. The van der Waals surface area contributed by atoms with Crippen LogP contribution in [0.5, 0.6) is 5.75 Å². The molecule has 1 fully saturated rings. The fraction of sp³-hybridized carbons (Fsp3) is 0.367. The van der Waals surface area contributed by atoms with Crippen molar-refractivity contribution in [2.24, 2.45) is 7.05 Å². The number of aryl methyl sites for hydroxylation is 1. The molecule has 7 heteroatoms. The van der Waals surface area contributed by atoms with Crippen LogP contribution in [0, 0.1) is 0 Å². The van der Waals surface area contributed by atoms with Crippen molar-refractivity contribution in [2.45, 2.75) is 32.4 Å². The summed E-state index contributed by atoms with van der Waals surface area (Å²) in [6.07, 6.45) is 5.59. The molecule has 194 valence electrons. The monoisotopic (exact) mass is 518 g/mol. The van der Waals surface area contributed by atoms with Crippen LogP contribution in [0.1, 0.15) is 29.7 Å². The van der Waals surface area contributed by atoms with Crippen LogP contribution < -0.4 is 10.3 Å². The molecule has 2 aliphatic rings. The van der Waals surface area contributed by atoms with Crippen molar-refractivity contribution < 1.29 is 4.74 Å². The molecule has 1 saturated heterocycles. The average molecular weight is 519 g/mol. The van der Waals surface area contributed by atoms with Gasteiger partial charge >= 0.3 is 0 Å². The molecule has 4 heterocycles. The highest BCUT2D eigenvalue weighted by atomic mass is 35.5. The molecule has 4 aromatic rings. The van der Waals surface area contributed by atoms with Crippen molar-refractivity contribution in [1.82, 2.24) is 18.9 Å². The Morgan fingerprint density at radius 3 is 2.46 bits per heavy atom. The Morgan fingerprint density at radius 1 is 0.892 bits per heavy atom. The number of nitrogens with zero attached hydrogens (tertiary/aromatic N) is 4. The molecule has 0 unspecified atom stereocenters. The first-order valence-corrected chi connectivity index (χ1v) is 13.1. The van der Waals surface area contributed by atoms with Gasteiger partial charge in [-0.3, -0.25) is 14.3 Å². The molecule has 2 aromatic carbocycles. The predicted octanol–water partition coefficient (Wildman–Crippen LogP) is 4.78. The first kappa shape index (κ1) is 25.6. The summed E-state index contributed by atoms with van der Waals surface area (Å²) in [5.41, 5.74) is 5.93. The zero-order valence-electron chi connectivity index (χ0n) is 21.4. The van der Waals surface area contributed by atoms with Crippen LogP contribution in [0.4, 0.5) is 0 Å². The third-order valence-corrected chi connectivity index (χ3v) is 7.82. The van der Waals surface area contributed by atoms with Crippen molar-refractivity contribution in [1.29, 1.82) is 0 Å².